The van der Waals surface area contributed by atoms with Crippen LogP contribution in [0, 0.1) is 0 Å². The molecule has 0 aliphatic carbocycles. The lowest BCUT2D eigenvalue weighted by Gasteiger charge is -2.07. The molecule has 0 saturated heterocycles. The number of esters is 1. The lowest BCUT2D eigenvalue weighted by atomic mass is 10.2. The lowest BCUT2D eigenvalue weighted by molar-refractivity contribution is -0.145. The largest absolute Gasteiger partial charge is 0.461 e. The Hall–Kier alpha value is -1.42. The van der Waals surface area contributed by atoms with Gasteiger partial charge < -0.3 is 10.5 Å². The van der Waals surface area contributed by atoms with Crippen molar-refractivity contribution >= 4 is 5.97 Å². The van der Waals surface area contributed by atoms with Crippen LogP contribution >= 0.6 is 0 Å². The van der Waals surface area contributed by atoms with Gasteiger partial charge in [0.05, 0.1) is 0 Å². The molecule has 4 heteroatoms. The van der Waals surface area contributed by atoms with Crippen molar-refractivity contribution in [1.82, 2.24) is 0 Å². The van der Waals surface area contributed by atoms with Gasteiger partial charge in [-0.25, -0.2) is 4.39 Å². The van der Waals surface area contributed by atoms with Gasteiger partial charge in [0.1, 0.15) is 13.3 Å². The highest BCUT2D eigenvalue weighted by molar-refractivity contribution is 5.69. The Balaban J connectivity index is 2.20. The van der Waals surface area contributed by atoms with Gasteiger partial charge in [-0.1, -0.05) is 30.3 Å². The van der Waals surface area contributed by atoms with Crippen LogP contribution in [-0.2, 0) is 16.1 Å². The van der Waals surface area contributed by atoms with Crippen LogP contribution in [0.2, 0.25) is 0 Å². The van der Waals surface area contributed by atoms with Crippen molar-refractivity contribution < 1.29 is 13.9 Å². The van der Waals surface area contributed by atoms with E-state index in [1.807, 2.05) is 30.3 Å². The van der Waals surface area contributed by atoms with Gasteiger partial charge in [-0.15, -0.1) is 0 Å². The Morgan fingerprint density at radius 1 is 1.38 bits per heavy atom. The van der Waals surface area contributed by atoms with Crippen molar-refractivity contribution in [3.63, 3.8) is 0 Å². The molecule has 0 aliphatic heterocycles. The highest BCUT2D eigenvalue weighted by atomic mass is 19.1. The predicted molar refractivity (Wildman–Crippen MR) is 59.4 cm³/mol. The fourth-order valence-electron chi connectivity index (χ4n) is 1.19. The molecule has 1 rings (SSSR count). The number of hydrogen-bond acceptors (Lipinski definition) is 3. The summed E-state index contributed by atoms with van der Waals surface area (Å²) in [5.74, 6) is -0.340. The number of alkyl halides is 1. The van der Waals surface area contributed by atoms with Gasteiger partial charge in [-0.05, 0) is 12.0 Å². The molecular weight excluding hydrogens is 209 g/mol. The van der Waals surface area contributed by atoms with Crippen LogP contribution in [0.15, 0.2) is 30.3 Å². The van der Waals surface area contributed by atoms with Crippen LogP contribution in [0.5, 0.6) is 0 Å². The normalized spacial score (nSPS) is 12.1. The van der Waals surface area contributed by atoms with Gasteiger partial charge in [0.2, 0.25) is 0 Å². The molecular formula is C12H16FNO2. The maximum Gasteiger partial charge on any atom is 0.306 e. The smallest absolute Gasteiger partial charge is 0.306 e. The number of ether oxygens (including phenoxy) is 1. The van der Waals surface area contributed by atoms with E-state index in [-0.39, 0.29) is 19.0 Å². The van der Waals surface area contributed by atoms with E-state index in [4.69, 9.17) is 10.5 Å². The molecule has 1 atom stereocenters. The second-order valence-corrected chi connectivity index (χ2v) is 3.60. The minimum Gasteiger partial charge on any atom is -0.461 e. The molecule has 0 fully saturated rings. The van der Waals surface area contributed by atoms with E-state index < -0.39 is 12.7 Å². The monoisotopic (exact) mass is 225 g/mol. The molecule has 0 aromatic heterocycles. The van der Waals surface area contributed by atoms with Crippen LogP contribution in [0.25, 0.3) is 0 Å². The quantitative estimate of drug-likeness (QED) is 0.751. The van der Waals surface area contributed by atoms with Crippen molar-refractivity contribution in [3.8, 4) is 0 Å². The van der Waals surface area contributed by atoms with Crippen molar-refractivity contribution in [3.05, 3.63) is 35.9 Å². The maximum absolute atomic E-state index is 12.0. The molecule has 1 aromatic carbocycles. The zero-order chi connectivity index (χ0) is 11.8. The maximum atomic E-state index is 12.0. The number of rotatable bonds is 6. The third-order valence-electron chi connectivity index (χ3n) is 2.16. The summed E-state index contributed by atoms with van der Waals surface area (Å²) in [6.07, 6.45) is 0.488. The highest BCUT2D eigenvalue weighted by Gasteiger charge is 2.07. The van der Waals surface area contributed by atoms with E-state index in [1.165, 1.54) is 0 Å². The Morgan fingerprint density at radius 3 is 2.69 bits per heavy atom. The predicted octanol–water partition coefficient (Wildman–Crippen LogP) is 1.81. The summed E-state index contributed by atoms with van der Waals surface area (Å²) in [7, 11) is 0. The minimum atomic E-state index is -0.605. The zero-order valence-corrected chi connectivity index (χ0v) is 9.06. The van der Waals surface area contributed by atoms with Crippen molar-refractivity contribution in [1.29, 1.82) is 0 Å². The Bertz CT molecular complexity index is 316. The first-order chi connectivity index (χ1) is 7.72. The molecule has 0 spiro atoms. The molecule has 88 valence electrons. The average molecular weight is 225 g/mol. The molecule has 2 N–H and O–H groups in total. The average Bonchev–Trinajstić information content (AvgIpc) is 2.34. The standard InChI is InChI=1S/C12H16FNO2/c13-8-11(14)6-7-12(15)16-9-10-4-2-1-3-5-10/h1-5,11H,6-9,14H2. The zero-order valence-electron chi connectivity index (χ0n) is 9.06. The molecule has 0 bridgehead atoms. The molecule has 0 aliphatic rings. The van der Waals surface area contributed by atoms with E-state index in [0.29, 0.717) is 6.42 Å². The fourth-order valence-corrected chi connectivity index (χ4v) is 1.19. The van der Waals surface area contributed by atoms with Gasteiger partial charge in [0.15, 0.2) is 0 Å². The van der Waals surface area contributed by atoms with E-state index in [9.17, 15) is 9.18 Å². The number of benzene rings is 1. The molecule has 1 aromatic rings. The SMILES string of the molecule is NC(CF)CCC(=O)OCc1ccccc1. The Labute approximate surface area is 94.4 Å². The molecule has 1 unspecified atom stereocenters. The third-order valence-corrected chi connectivity index (χ3v) is 2.16. The summed E-state index contributed by atoms with van der Waals surface area (Å²) >= 11 is 0. The van der Waals surface area contributed by atoms with Crippen molar-refractivity contribution in [2.24, 2.45) is 5.73 Å². The first-order valence-electron chi connectivity index (χ1n) is 5.23. The van der Waals surface area contributed by atoms with E-state index >= 15 is 0 Å². The Morgan fingerprint density at radius 2 is 2.06 bits per heavy atom. The first kappa shape index (κ1) is 12.6. The van der Waals surface area contributed by atoms with E-state index in [0.717, 1.165) is 5.56 Å². The molecule has 0 heterocycles. The van der Waals surface area contributed by atoms with Crippen molar-refractivity contribution in [2.45, 2.75) is 25.5 Å². The summed E-state index contributed by atoms with van der Waals surface area (Å²) in [5, 5.41) is 0. The van der Waals surface area contributed by atoms with Crippen LogP contribution in [0.4, 0.5) is 4.39 Å². The Kier molecular flexibility index (Phi) is 5.50. The third kappa shape index (κ3) is 4.89. The molecule has 0 amide bonds. The van der Waals surface area contributed by atoms with Crippen LogP contribution < -0.4 is 5.73 Å². The summed E-state index contributed by atoms with van der Waals surface area (Å²) in [6, 6.07) is 8.83. The summed E-state index contributed by atoms with van der Waals surface area (Å²) in [4.78, 5) is 11.2. The number of nitrogens with two attached hydrogens (primary N) is 1. The number of carbonyl (C=O) groups excluding carboxylic acids is 1. The number of hydrogen-bond donors (Lipinski definition) is 1. The number of halogens is 1. The first-order valence-corrected chi connectivity index (χ1v) is 5.23. The summed E-state index contributed by atoms with van der Waals surface area (Å²) < 4.78 is 17.0. The van der Waals surface area contributed by atoms with Crippen LogP contribution in [0.1, 0.15) is 18.4 Å². The van der Waals surface area contributed by atoms with Gasteiger partial charge in [0, 0.05) is 12.5 Å². The lowest BCUT2D eigenvalue weighted by Crippen LogP contribution is -2.23. The molecule has 0 radical (unpaired) electrons. The van der Waals surface area contributed by atoms with Gasteiger partial charge >= 0.3 is 5.97 Å². The van der Waals surface area contributed by atoms with Crippen LogP contribution in [0.3, 0.4) is 0 Å². The summed E-state index contributed by atoms with van der Waals surface area (Å²) in [5.41, 5.74) is 6.28. The fraction of sp³-hybridized carbons (Fsp3) is 0.417. The van der Waals surface area contributed by atoms with E-state index in [1.54, 1.807) is 0 Å². The highest BCUT2D eigenvalue weighted by Crippen LogP contribution is 2.03. The minimum absolute atomic E-state index is 0.165. The van der Waals surface area contributed by atoms with Gasteiger partial charge in [-0.2, -0.15) is 0 Å². The van der Waals surface area contributed by atoms with Crippen LogP contribution in [-0.4, -0.2) is 18.7 Å². The topological polar surface area (TPSA) is 52.3 Å². The van der Waals surface area contributed by atoms with Crippen molar-refractivity contribution in [2.75, 3.05) is 6.67 Å². The second kappa shape index (κ2) is 6.95. The molecule has 0 saturated carbocycles. The molecule has 3 nitrogen and oxygen atoms in total. The second-order valence-electron chi connectivity index (χ2n) is 3.60. The molecule has 16 heavy (non-hydrogen) atoms. The van der Waals surface area contributed by atoms with Gasteiger partial charge in [0.25, 0.3) is 0 Å². The van der Waals surface area contributed by atoms with E-state index in [2.05, 4.69) is 0 Å². The van der Waals surface area contributed by atoms with Gasteiger partial charge in [-0.3, -0.25) is 4.79 Å². The number of carbonyl (C=O) groups is 1. The summed E-state index contributed by atoms with van der Waals surface area (Å²) in [6.45, 7) is -0.351.